The number of aliphatic carboxylic acids is 1. The number of carboxylic acids is 1. The molecule has 0 radical (unpaired) electrons. The molecule has 0 aromatic rings. The maximum absolute atomic E-state index is 12.3. The third kappa shape index (κ3) is 4.21. The number of hydrogen-bond donors (Lipinski definition) is 2. The molecular weight excluding hydrogens is 266 g/mol. The molecule has 1 unspecified atom stereocenters. The summed E-state index contributed by atoms with van der Waals surface area (Å²) < 4.78 is 0. The smallest absolute Gasteiger partial charge is 0.310 e. The SMILES string of the molecule is CC(NC(=O)CC1(C(=O)O)CCCCC1)C1CCCCC1. The molecule has 2 saturated carbocycles. The lowest BCUT2D eigenvalue weighted by atomic mass is 9.71. The third-order valence-electron chi connectivity index (χ3n) is 5.51. The first-order valence-electron chi connectivity index (χ1n) is 8.56. The topological polar surface area (TPSA) is 66.4 Å². The van der Waals surface area contributed by atoms with E-state index in [0.29, 0.717) is 18.8 Å². The van der Waals surface area contributed by atoms with E-state index in [4.69, 9.17) is 0 Å². The third-order valence-corrected chi connectivity index (χ3v) is 5.51. The second kappa shape index (κ2) is 7.28. The number of rotatable bonds is 5. The van der Waals surface area contributed by atoms with Gasteiger partial charge in [-0.15, -0.1) is 0 Å². The Morgan fingerprint density at radius 2 is 1.67 bits per heavy atom. The second-order valence-corrected chi connectivity index (χ2v) is 7.08. The molecule has 1 amide bonds. The summed E-state index contributed by atoms with van der Waals surface area (Å²) in [6, 6.07) is 0.173. The molecule has 4 nitrogen and oxygen atoms in total. The number of hydrogen-bond acceptors (Lipinski definition) is 2. The minimum Gasteiger partial charge on any atom is -0.481 e. The molecule has 2 aliphatic rings. The van der Waals surface area contributed by atoms with Crippen molar-refractivity contribution in [2.75, 3.05) is 0 Å². The van der Waals surface area contributed by atoms with Crippen LogP contribution in [-0.4, -0.2) is 23.0 Å². The van der Waals surface area contributed by atoms with Crippen molar-refractivity contribution in [1.29, 1.82) is 0 Å². The van der Waals surface area contributed by atoms with Crippen LogP contribution in [0, 0.1) is 11.3 Å². The van der Waals surface area contributed by atoms with Gasteiger partial charge in [0.1, 0.15) is 0 Å². The minimum atomic E-state index is -0.811. The summed E-state index contributed by atoms with van der Waals surface area (Å²) in [4.78, 5) is 23.9. The maximum atomic E-state index is 12.3. The van der Waals surface area contributed by atoms with Crippen LogP contribution in [0.2, 0.25) is 0 Å². The number of carbonyl (C=O) groups is 2. The number of amides is 1. The first-order valence-corrected chi connectivity index (χ1v) is 8.56. The number of carbonyl (C=O) groups excluding carboxylic acids is 1. The van der Waals surface area contributed by atoms with Gasteiger partial charge in [-0.05, 0) is 38.5 Å². The van der Waals surface area contributed by atoms with Gasteiger partial charge in [0.2, 0.25) is 5.91 Å². The zero-order chi connectivity index (χ0) is 15.3. The van der Waals surface area contributed by atoms with Crippen LogP contribution in [0.1, 0.15) is 77.6 Å². The quantitative estimate of drug-likeness (QED) is 0.816. The van der Waals surface area contributed by atoms with Crippen molar-refractivity contribution < 1.29 is 14.7 Å². The van der Waals surface area contributed by atoms with E-state index in [0.717, 1.165) is 19.3 Å². The molecule has 0 aliphatic heterocycles. The van der Waals surface area contributed by atoms with Gasteiger partial charge in [0.15, 0.2) is 0 Å². The van der Waals surface area contributed by atoms with Gasteiger partial charge in [0.05, 0.1) is 5.41 Å². The highest BCUT2D eigenvalue weighted by atomic mass is 16.4. The van der Waals surface area contributed by atoms with E-state index in [1.165, 1.54) is 32.1 Å². The molecule has 0 aromatic heterocycles. The number of carboxylic acid groups (broad SMARTS) is 1. The lowest BCUT2D eigenvalue weighted by Crippen LogP contribution is -2.44. The Balaban J connectivity index is 1.88. The van der Waals surface area contributed by atoms with Gasteiger partial charge in [-0.1, -0.05) is 38.5 Å². The zero-order valence-corrected chi connectivity index (χ0v) is 13.2. The van der Waals surface area contributed by atoms with E-state index >= 15 is 0 Å². The Labute approximate surface area is 127 Å². The van der Waals surface area contributed by atoms with Crippen LogP contribution in [0.5, 0.6) is 0 Å². The summed E-state index contributed by atoms with van der Waals surface area (Å²) >= 11 is 0. The minimum absolute atomic E-state index is 0.0719. The van der Waals surface area contributed by atoms with Crippen LogP contribution in [-0.2, 0) is 9.59 Å². The Kier molecular flexibility index (Phi) is 5.65. The Morgan fingerprint density at radius 1 is 1.10 bits per heavy atom. The fourth-order valence-electron chi connectivity index (χ4n) is 4.06. The van der Waals surface area contributed by atoms with Gasteiger partial charge in [0, 0.05) is 12.5 Å². The van der Waals surface area contributed by atoms with Crippen LogP contribution in [0.3, 0.4) is 0 Å². The van der Waals surface area contributed by atoms with Crippen LogP contribution in [0.15, 0.2) is 0 Å². The molecule has 120 valence electrons. The van der Waals surface area contributed by atoms with Gasteiger partial charge in [-0.2, -0.15) is 0 Å². The highest BCUT2D eigenvalue weighted by molar-refractivity contribution is 5.85. The largest absolute Gasteiger partial charge is 0.481 e. The summed E-state index contributed by atoms with van der Waals surface area (Å²) in [6.07, 6.45) is 10.6. The van der Waals surface area contributed by atoms with Gasteiger partial charge >= 0.3 is 5.97 Å². The number of nitrogens with one attached hydrogen (secondary N) is 1. The van der Waals surface area contributed by atoms with Crippen LogP contribution < -0.4 is 5.32 Å². The van der Waals surface area contributed by atoms with Gasteiger partial charge in [-0.25, -0.2) is 0 Å². The average molecular weight is 295 g/mol. The van der Waals surface area contributed by atoms with E-state index in [-0.39, 0.29) is 18.4 Å². The van der Waals surface area contributed by atoms with Crippen LogP contribution >= 0.6 is 0 Å². The van der Waals surface area contributed by atoms with Crippen LogP contribution in [0.25, 0.3) is 0 Å². The van der Waals surface area contributed by atoms with Crippen molar-refractivity contribution in [3.8, 4) is 0 Å². The lowest BCUT2D eigenvalue weighted by molar-refractivity contribution is -0.154. The van der Waals surface area contributed by atoms with Crippen molar-refractivity contribution in [2.45, 2.75) is 83.6 Å². The molecule has 2 fully saturated rings. The molecule has 0 saturated heterocycles. The zero-order valence-electron chi connectivity index (χ0n) is 13.2. The highest BCUT2D eigenvalue weighted by Gasteiger charge is 2.41. The Morgan fingerprint density at radius 3 is 2.24 bits per heavy atom. The van der Waals surface area contributed by atoms with Crippen molar-refractivity contribution in [2.24, 2.45) is 11.3 Å². The second-order valence-electron chi connectivity index (χ2n) is 7.08. The summed E-state index contributed by atoms with van der Waals surface area (Å²) in [5, 5.41) is 12.6. The monoisotopic (exact) mass is 295 g/mol. The summed E-state index contributed by atoms with van der Waals surface area (Å²) in [5.41, 5.74) is -0.811. The van der Waals surface area contributed by atoms with E-state index < -0.39 is 11.4 Å². The molecule has 2 N–H and O–H groups in total. The molecule has 0 aromatic carbocycles. The molecule has 0 spiro atoms. The van der Waals surface area contributed by atoms with Gasteiger partial charge in [0.25, 0.3) is 0 Å². The average Bonchev–Trinajstić information content (AvgIpc) is 2.48. The van der Waals surface area contributed by atoms with Crippen molar-refractivity contribution >= 4 is 11.9 Å². The summed E-state index contributed by atoms with van der Waals surface area (Å²) in [7, 11) is 0. The lowest BCUT2D eigenvalue weighted by Gasteiger charge is -2.34. The predicted molar refractivity (Wildman–Crippen MR) is 82.0 cm³/mol. The summed E-state index contributed by atoms with van der Waals surface area (Å²) in [6.45, 7) is 2.07. The van der Waals surface area contributed by atoms with Gasteiger partial charge in [-0.3, -0.25) is 9.59 Å². The predicted octanol–water partition coefficient (Wildman–Crippen LogP) is 3.50. The van der Waals surface area contributed by atoms with Crippen LogP contribution in [0.4, 0.5) is 0 Å². The molecule has 2 rings (SSSR count). The van der Waals surface area contributed by atoms with E-state index in [2.05, 4.69) is 12.2 Å². The standard InChI is InChI=1S/C17H29NO3/c1-13(14-8-4-2-5-9-14)18-15(19)12-17(16(20)21)10-6-3-7-11-17/h13-14H,2-12H2,1H3,(H,18,19)(H,20,21). The normalized spacial score (nSPS) is 24.2. The molecule has 21 heavy (non-hydrogen) atoms. The van der Waals surface area contributed by atoms with Gasteiger partial charge < -0.3 is 10.4 Å². The highest BCUT2D eigenvalue weighted by Crippen LogP contribution is 2.39. The Bertz CT molecular complexity index is 368. The first-order chi connectivity index (χ1) is 10.0. The Hall–Kier alpha value is -1.06. The molecule has 0 heterocycles. The van der Waals surface area contributed by atoms with E-state index in [1.54, 1.807) is 0 Å². The van der Waals surface area contributed by atoms with E-state index in [1.807, 2.05) is 0 Å². The fraction of sp³-hybridized carbons (Fsp3) is 0.882. The van der Waals surface area contributed by atoms with Crippen molar-refractivity contribution in [3.05, 3.63) is 0 Å². The van der Waals surface area contributed by atoms with Crippen molar-refractivity contribution in [3.63, 3.8) is 0 Å². The maximum Gasteiger partial charge on any atom is 0.310 e. The van der Waals surface area contributed by atoms with E-state index in [9.17, 15) is 14.7 Å². The summed E-state index contributed by atoms with van der Waals surface area (Å²) in [5.74, 6) is -0.296. The molecule has 2 aliphatic carbocycles. The molecule has 0 bridgehead atoms. The molecular formula is C17H29NO3. The first kappa shape index (κ1) is 16.3. The molecule has 4 heteroatoms. The molecule has 1 atom stereocenters. The fourth-order valence-corrected chi connectivity index (χ4v) is 4.06. The van der Waals surface area contributed by atoms with Crippen molar-refractivity contribution in [1.82, 2.24) is 5.32 Å².